The van der Waals surface area contributed by atoms with E-state index in [4.69, 9.17) is 11.6 Å². The van der Waals surface area contributed by atoms with Crippen molar-refractivity contribution in [1.29, 1.82) is 0 Å². The molecule has 1 aromatic heterocycles. The third-order valence-corrected chi connectivity index (χ3v) is 6.72. The van der Waals surface area contributed by atoms with Crippen LogP contribution in [0.15, 0.2) is 48.5 Å². The third-order valence-electron chi connectivity index (χ3n) is 6.43. The number of hydrogen-bond donors (Lipinski definition) is 3. The molecule has 10 heteroatoms. The van der Waals surface area contributed by atoms with Crippen LogP contribution in [0.4, 0.5) is 15.9 Å². The minimum Gasteiger partial charge on any atom is -0.390 e. The molecule has 36 heavy (non-hydrogen) atoms. The van der Waals surface area contributed by atoms with Crippen LogP contribution in [0, 0.1) is 5.82 Å². The highest BCUT2D eigenvalue weighted by atomic mass is 35.5. The minimum absolute atomic E-state index is 0.0354. The average molecular weight is 512 g/mol. The van der Waals surface area contributed by atoms with Crippen molar-refractivity contribution in [2.24, 2.45) is 0 Å². The van der Waals surface area contributed by atoms with E-state index in [2.05, 4.69) is 34.7 Å². The number of rotatable bonds is 7. The third kappa shape index (κ3) is 4.64. The molecule has 4 rings (SSSR count). The molecule has 1 saturated heterocycles. The van der Waals surface area contributed by atoms with Gasteiger partial charge in [0.25, 0.3) is 5.91 Å². The molecule has 8 nitrogen and oxygen atoms in total. The van der Waals surface area contributed by atoms with E-state index in [-0.39, 0.29) is 34.7 Å². The number of aliphatic hydroxyl groups excluding tert-OH is 1. The highest BCUT2D eigenvalue weighted by Gasteiger charge is 2.52. The summed E-state index contributed by atoms with van der Waals surface area (Å²) in [7, 11) is 1.44. The molecular weight excluding hydrogens is 485 g/mol. The summed E-state index contributed by atoms with van der Waals surface area (Å²) in [6, 6.07) is 13.4. The second-order valence-electron chi connectivity index (χ2n) is 9.07. The van der Waals surface area contributed by atoms with E-state index in [1.807, 2.05) is 29.2 Å². The number of carbonyl (C=O) groups excluding carboxylic acids is 2. The zero-order valence-electron chi connectivity index (χ0n) is 20.2. The molecule has 1 fully saturated rings. The maximum absolute atomic E-state index is 14.4. The van der Waals surface area contributed by atoms with Crippen molar-refractivity contribution in [3.05, 3.63) is 81.8 Å². The van der Waals surface area contributed by atoms with E-state index >= 15 is 0 Å². The van der Waals surface area contributed by atoms with Gasteiger partial charge in [-0.15, -0.1) is 5.10 Å². The van der Waals surface area contributed by atoms with Gasteiger partial charge in [0.1, 0.15) is 11.2 Å². The van der Waals surface area contributed by atoms with Crippen LogP contribution in [0.5, 0.6) is 0 Å². The summed E-state index contributed by atoms with van der Waals surface area (Å²) in [6.07, 6.45) is 0. The monoisotopic (exact) mass is 511 g/mol. The Morgan fingerprint density at radius 3 is 2.50 bits per heavy atom. The molecule has 0 saturated carbocycles. The van der Waals surface area contributed by atoms with Gasteiger partial charge in [-0.2, -0.15) is 5.10 Å². The van der Waals surface area contributed by atoms with E-state index in [1.165, 1.54) is 13.1 Å². The van der Waals surface area contributed by atoms with Crippen LogP contribution in [0.3, 0.4) is 0 Å². The first-order valence-corrected chi connectivity index (χ1v) is 11.9. The standard InChI is InChI=1S/C26H27ClFN5O3/c1-15(2)17-6-4-5-7-19(17)26(13-33(14-26)23-9-8-16(12-34)31-32-23)25(36)30-22-11-21(28)20(27)10-18(22)24(35)29-3/h4-11,15,34H,12-14H2,1-3H3,(H,29,35)(H,30,36). The van der Waals surface area contributed by atoms with Crippen LogP contribution in [0.25, 0.3) is 0 Å². The number of halogens is 2. The van der Waals surface area contributed by atoms with Gasteiger partial charge in [-0.05, 0) is 41.3 Å². The Balaban J connectivity index is 1.74. The number of amides is 2. The summed E-state index contributed by atoms with van der Waals surface area (Å²) < 4.78 is 14.4. The Bertz CT molecular complexity index is 1290. The molecule has 2 heterocycles. The maximum Gasteiger partial charge on any atom is 0.253 e. The van der Waals surface area contributed by atoms with Crippen molar-refractivity contribution in [3.8, 4) is 0 Å². The van der Waals surface area contributed by atoms with Gasteiger partial charge in [0.15, 0.2) is 5.82 Å². The second kappa shape index (κ2) is 10.2. The van der Waals surface area contributed by atoms with E-state index < -0.39 is 17.1 Å². The number of hydrogen-bond acceptors (Lipinski definition) is 6. The van der Waals surface area contributed by atoms with Crippen LogP contribution in [0.2, 0.25) is 5.02 Å². The van der Waals surface area contributed by atoms with E-state index in [1.54, 1.807) is 12.1 Å². The number of nitrogens with zero attached hydrogens (tertiary/aromatic N) is 3. The van der Waals surface area contributed by atoms with Crippen LogP contribution in [0.1, 0.15) is 46.9 Å². The predicted octanol–water partition coefficient (Wildman–Crippen LogP) is 3.64. The molecule has 1 aliphatic heterocycles. The van der Waals surface area contributed by atoms with Crippen LogP contribution in [-0.2, 0) is 16.8 Å². The lowest BCUT2D eigenvalue weighted by atomic mass is 9.69. The van der Waals surface area contributed by atoms with Gasteiger partial charge >= 0.3 is 0 Å². The highest BCUT2D eigenvalue weighted by Crippen LogP contribution is 2.41. The Hall–Kier alpha value is -3.56. The average Bonchev–Trinajstić information content (AvgIpc) is 2.85. The fourth-order valence-corrected chi connectivity index (χ4v) is 4.62. The van der Waals surface area contributed by atoms with Crippen molar-refractivity contribution >= 4 is 34.9 Å². The quantitative estimate of drug-likeness (QED) is 0.447. The molecule has 188 valence electrons. The lowest BCUT2D eigenvalue weighted by Gasteiger charge is -2.50. The normalized spacial score (nSPS) is 14.4. The first-order valence-electron chi connectivity index (χ1n) is 11.5. The van der Waals surface area contributed by atoms with Crippen molar-refractivity contribution in [3.63, 3.8) is 0 Å². The fourth-order valence-electron chi connectivity index (χ4n) is 4.46. The summed E-state index contributed by atoms with van der Waals surface area (Å²) in [5, 5.41) is 22.5. The Kier molecular flexibility index (Phi) is 7.23. The Labute approximate surface area is 213 Å². The maximum atomic E-state index is 14.4. The number of nitrogens with one attached hydrogen (secondary N) is 2. The van der Waals surface area contributed by atoms with Gasteiger partial charge in [0, 0.05) is 20.1 Å². The van der Waals surface area contributed by atoms with Crippen molar-refractivity contribution in [1.82, 2.24) is 15.5 Å². The number of aromatic nitrogens is 2. The van der Waals surface area contributed by atoms with Gasteiger partial charge in [0.05, 0.1) is 28.6 Å². The molecule has 3 aromatic rings. The zero-order valence-corrected chi connectivity index (χ0v) is 20.9. The summed E-state index contributed by atoms with van der Waals surface area (Å²) in [4.78, 5) is 28.3. The molecule has 0 spiro atoms. The van der Waals surface area contributed by atoms with Gasteiger partial charge in [-0.3, -0.25) is 9.59 Å². The molecular formula is C26H27ClFN5O3. The van der Waals surface area contributed by atoms with E-state index in [0.29, 0.717) is 24.6 Å². The number of benzene rings is 2. The molecule has 0 unspecified atom stereocenters. The highest BCUT2D eigenvalue weighted by molar-refractivity contribution is 6.31. The minimum atomic E-state index is -0.992. The SMILES string of the molecule is CNC(=O)c1cc(Cl)c(F)cc1NC(=O)C1(c2ccccc2C(C)C)CN(c2ccc(CO)nn2)C1. The van der Waals surface area contributed by atoms with Crippen LogP contribution in [-0.4, -0.2) is 47.3 Å². The summed E-state index contributed by atoms with van der Waals surface area (Å²) in [5.74, 6) is -0.901. The first-order chi connectivity index (χ1) is 17.2. The molecule has 1 aliphatic rings. The van der Waals surface area contributed by atoms with Gasteiger partial charge in [-0.25, -0.2) is 4.39 Å². The topological polar surface area (TPSA) is 107 Å². The largest absolute Gasteiger partial charge is 0.390 e. The van der Waals surface area contributed by atoms with Gasteiger partial charge < -0.3 is 20.6 Å². The molecule has 0 radical (unpaired) electrons. The van der Waals surface area contributed by atoms with Gasteiger partial charge in [0.2, 0.25) is 5.91 Å². The van der Waals surface area contributed by atoms with Crippen LogP contribution < -0.4 is 15.5 Å². The molecule has 0 atom stereocenters. The van der Waals surface area contributed by atoms with E-state index in [0.717, 1.165) is 17.2 Å². The zero-order chi connectivity index (χ0) is 26.0. The van der Waals surface area contributed by atoms with Crippen molar-refractivity contribution < 1.29 is 19.1 Å². The molecule has 0 bridgehead atoms. The predicted molar refractivity (Wildman–Crippen MR) is 136 cm³/mol. The Morgan fingerprint density at radius 2 is 1.89 bits per heavy atom. The second-order valence-corrected chi connectivity index (χ2v) is 9.47. The fraction of sp³-hybridized carbons (Fsp3) is 0.308. The summed E-state index contributed by atoms with van der Waals surface area (Å²) in [5.41, 5.74) is 1.42. The van der Waals surface area contributed by atoms with Crippen molar-refractivity contribution in [2.75, 3.05) is 30.4 Å². The lowest BCUT2D eigenvalue weighted by Crippen LogP contribution is -2.66. The molecule has 2 amide bonds. The molecule has 0 aliphatic carbocycles. The first kappa shape index (κ1) is 25.5. The smallest absolute Gasteiger partial charge is 0.253 e. The lowest BCUT2D eigenvalue weighted by molar-refractivity contribution is -0.122. The number of anilines is 2. The van der Waals surface area contributed by atoms with Crippen LogP contribution >= 0.6 is 11.6 Å². The molecule has 3 N–H and O–H groups in total. The summed E-state index contributed by atoms with van der Waals surface area (Å²) >= 11 is 5.91. The number of carbonyl (C=O) groups is 2. The van der Waals surface area contributed by atoms with Crippen molar-refractivity contribution in [2.45, 2.75) is 31.8 Å². The number of aliphatic hydroxyl groups is 1. The molecule has 2 aromatic carbocycles. The van der Waals surface area contributed by atoms with Gasteiger partial charge in [-0.1, -0.05) is 49.7 Å². The Morgan fingerprint density at radius 1 is 1.17 bits per heavy atom. The van der Waals surface area contributed by atoms with E-state index in [9.17, 15) is 19.1 Å². The summed E-state index contributed by atoms with van der Waals surface area (Å²) in [6.45, 7) is 4.48.